The van der Waals surface area contributed by atoms with Gasteiger partial charge in [0.05, 0.1) is 19.4 Å². The summed E-state index contributed by atoms with van der Waals surface area (Å²) in [5, 5.41) is 0.900. The van der Waals surface area contributed by atoms with Crippen molar-refractivity contribution in [1.82, 2.24) is 19.4 Å². The highest BCUT2D eigenvalue weighted by Gasteiger charge is 2.23. The quantitative estimate of drug-likeness (QED) is 0.546. The van der Waals surface area contributed by atoms with Crippen LogP contribution in [0.3, 0.4) is 0 Å². The van der Waals surface area contributed by atoms with Gasteiger partial charge in [0.15, 0.2) is 10.9 Å². The number of furan rings is 1. The third-order valence-corrected chi connectivity index (χ3v) is 5.53. The summed E-state index contributed by atoms with van der Waals surface area (Å²) in [5.74, 6) is 1.35. The second-order valence-corrected chi connectivity index (χ2v) is 7.32. The van der Waals surface area contributed by atoms with Crippen LogP contribution in [0.15, 0.2) is 34.1 Å². The second-order valence-electron chi connectivity index (χ2n) is 6.37. The number of imidazole rings is 1. The molecular formula is C18H24N4O4S. The molecule has 146 valence electrons. The molecule has 0 saturated carbocycles. The molecule has 9 heteroatoms. The molecule has 1 amide bonds. The van der Waals surface area contributed by atoms with Gasteiger partial charge in [-0.2, -0.15) is 0 Å². The standard InChI is InChI=1S/C18H24N4O4S/c1-20-9-6-19-18(20)27-13-14-4-5-15(26-14)17(24)22-8-3-7-21(10-11-22)12-16(23)25-2/h4-6,9H,3,7-8,10-13H2,1-2H3. The molecular weight excluding hydrogens is 368 g/mol. The Kier molecular flexibility index (Phi) is 6.57. The molecule has 0 radical (unpaired) electrons. The SMILES string of the molecule is COC(=O)CN1CCCN(C(=O)c2ccc(CSc3nccn3C)o2)CC1. The van der Waals surface area contributed by atoms with Gasteiger partial charge < -0.3 is 18.6 Å². The molecule has 0 N–H and O–H groups in total. The average molecular weight is 392 g/mol. The minimum atomic E-state index is -0.254. The van der Waals surface area contributed by atoms with Gasteiger partial charge in [0.25, 0.3) is 5.91 Å². The minimum Gasteiger partial charge on any atom is -0.468 e. The Balaban J connectivity index is 1.54. The number of carbonyl (C=O) groups excluding carboxylic acids is 2. The predicted molar refractivity (Wildman–Crippen MR) is 100 cm³/mol. The number of esters is 1. The van der Waals surface area contributed by atoms with Crippen LogP contribution in [0.4, 0.5) is 0 Å². The Morgan fingerprint density at radius 1 is 1.26 bits per heavy atom. The maximum Gasteiger partial charge on any atom is 0.319 e. The van der Waals surface area contributed by atoms with Gasteiger partial charge in [0, 0.05) is 45.6 Å². The number of methoxy groups -OCH3 is 1. The number of ether oxygens (including phenoxy) is 1. The molecule has 0 unspecified atom stereocenters. The summed E-state index contributed by atoms with van der Waals surface area (Å²) in [4.78, 5) is 32.2. The summed E-state index contributed by atoms with van der Waals surface area (Å²) >= 11 is 1.56. The Morgan fingerprint density at radius 3 is 2.85 bits per heavy atom. The largest absolute Gasteiger partial charge is 0.468 e. The van der Waals surface area contributed by atoms with E-state index in [1.807, 2.05) is 28.8 Å². The number of hydrogen-bond donors (Lipinski definition) is 0. The summed E-state index contributed by atoms with van der Waals surface area (Å²) in [6.07, 6.45) is 4.45. The summed E-state index contributed by atoms with van der Waals surface area (Å²) < 4.78 is 12.4. The van der Waals surface area contributed by atoms with Gasteiger partial charge in [0.1, 0.15) is 5.76 Å². The van der Waals surface area contributed by atoms with E-state index in [0.717, 1.165) is 23.9 Å². The van der Waals surface area contributed by atoms with E-state index in [9.17, 15) is 9.59 Å². The lowest BCUT2D eigenvalue weighted by atomic mass is 10.3. The first kappa shape index (κ1) is 19.5. The Hall–Kier alpha value is -2.26. The van der Waals surface area contributed by atoms with E-state index in [4.69, 9.17) is 9.15 Å². The van der Waals surface area contributed by atoms with Crippen molar-refractivity contribution in [3.05, 3.63) is 36.0 Å². The molecule has 0 spiro atoms. The van der Waals surface area contributed by atoms with Crippen molar-refractivity contribution in [2.45, 2.75) is 17.3 Å². The molecule has 1 fully saturated rings. The van der Waals surface area contributed by atoms with Gasteiger partial charge in [-0.25, -0.2) is 4.98 Å². The summed E-state index contributed by atoms with van der Waals surface area (Å²) in [6.45, 7) is 2.88. The molecule has 1 aliphatic rings. The first-order chi connectivity index (χ1) is 13.1. The topological polar surface area (TPSA) is 80.8 Å². The van der Waals surface area contributed by atoms with E-state index >= 15 is 0 Å². The van der Waals surface area contributed by atoms with Gasteiger partial charge in [-0.15, -0.1) is 0 Å². The third kappa shape index (κ3) is 5.14. The van der Waals surface area contributed by atoms with Crippen molar-refractivity contribution < 1.29 is 18.7 Å². The van der Waals surface area contributed by atoms with Crippen LogP contribution < -0.4 is 0 Å². The van der Waals surface area contributed by atoms with Gasteiger partial charge in [-0.05, 0) is 18.6 Å². The molecule has 0 atom stereocenters. The zero-order valence-corrected chi connectivity index (χ0v) is 16.4. The van der Waals surface area contributed by atoms with Crippen molar-refractivity contribution in [1.29, 1.82) is 0 Å². The fourth-order valence-corrected chi connectivity index (χ4v) is 3.76. The van der Waals surface area contributed by atoms with E-state index < -0.39 is 0 Å². The Bertz CT molecular complexity index is 788. The van der Waals surface area contributed by atoms with Crippen molar-refractivity contribution in [2.24, 2.45) is 7.05 Å². The zero-order valence-electron chi connectivity index (χ0n) is 15.6. The first-order valence-electron chi connectivity index (χ1n) is 8.84. The van der Waals surface area contributed by atoms with Gasteiger partial charge >= 0.3 is 5.97 Å². The maximum atomic E-state index is 12.7. The smallest absolute Gasteiger partial charge is 0.319 e. The van der Waals surface area contributed by atoms with Crippen LogP contribution >= 0.6 is 11.8 Å². The zero-order chi connectivity index (χ0) is 19.2. The van der Waals surface area contributed by atoms with Crippen LogP contribution in [0, 0.1) is 0 Å². The first-order valence-corrected chi connectivity index (χ1v) is 9.82. The molecule has 27 heavy (non-hydrogen) atoms. The summed E-state index contributed by atoms with van der Waals surface area (Å²) in [5.41, 5.74) is 0. The molecule has 1 aliphatic heterocycles. The number of hydrogen-bond acceptors (Lipinski definition) is 7. The number of aryl methyl sites for hydroxylation is 1. The molecule has 2 aromatic heterocycles. The average Bonchev–Trinajstić information content (AvgIpc) is 3.23. The van der Waals surface area contributed by atoms with Crippen LogP contribution in [-0.2, 0) is 22.3 Å². The van der Waals surface area contributed by atoms with Crippen LogP contribution in [0.5, 0.6) is 0 Å². The molecule has 8 nitrogen and oxygen atoms in total. The lowest BCUT2D eigenvalue weighted by Crippen LogP contribution is -2.36. The summed E-state index contributed by atoms with van der Waals surface area (Å²) in [7, 11) is 3.33. The molecule has 1 saturated heterocycles. The maximum absolute atomic E-state index is 12.7. The number of rotatable bonds is 6. The van der Waals surface area contributed by atoms with Crippen LogP contribution in [-0.4, -0.2) is 71.1 Å². The molecule has 0 aliphatic carbocycles. The second kappa shape index (κ2) is 9.09. The van der Waals surface area contributed by atoms with Crippen molar-refractivity contribution in [3.63, 3.8) is 0 Å². The number of amides is 1. The summed E-state index contributed by atoms with van der Waals surface area (Å²) in [6, 6.07) is 3.57. The van der Waals surface area contributed by atoms with E-state index in [0.29, 0.717) is 31.1 Å². The number of nitrogens with zero attached hydrogens (tertiary/aromatic N) is 4. The Morgan fingerprint density at radius 2 is 2.11 bits per heavy atom. The molecule has 3 rings (SSSR count). The molecule has 2 aromatic rings. The van der Waals surface area contributed by atoms with Crippen LogP contribution in [0.25, 0.3) is 0 Å². The predicted octanol–water partition coefficient (Wildman–Crippen LogP) is 1.63. The van der Waals surface area contributed by atoms with Crippen molar-refractivity contribution >= 4 is 23.6 Å². The highest BCUT2D eigenvalue weighted by molar-refractivity contribution is 7.98. The number of thioether (sulfide) groups is 1. The van der Waals surface area contributed by atoms with E-state index in [1.165, 1.54) is 7.11 Å². The van der Waals surface area contributed by atoms with E-state index in [1.54, 1.807) is 28.9 Å². The molecule has 3 heterocycles. The minimum absolute atomic E-state index is 0.108. The van der Waals surface area contributed by atoms with Crippen molar-refractivity contribution in [3.8, 4) is 0 Å². The van der Waals surface area contributed by atoms with Crippen molar-refractivity contribution in [2.75, 3.05) is 39.8 Å². The Labute approximate surface area is 162 Å². The number of carbonyl (C=O) groups is 2. The fourth-order valence-electron chi connectivity index (χ4n) is 2.93. The van der Waals surface area contributed by atoms with Gasteiger partial charge in [0.2, 0.25) is 0 Å². The lowest BCUT2D eigenvalue weighted by molar-refractivity contribution is -0.141. The third-order valence-electron chi connectivity index (χ3n) is 4.45. The molecule has 0 bridgehead atoms. The van der Waals surface area contributed by atoms with Crippen LogP contribution in [0.2, 0.25) is 0 Å². The van der Waals surface area contributed by atoms with E-state index in [2.05, 4.69) is 4.98 Å². The highest BCUT2D eigenvalue weighted by Crippen LogP contribution is 2.22. The normalized spacial score (nSPS) is 15.6. The van der Waals surface area contributed by atoms with E-state index in [-0.39, 0.29) is 18.4 Å². The van der Waals surface area contributed by atoms with Gasteiger partial charge in [-0.1, -0.05) is 11.8 Å². The lowest BCUT2D eigenvalue weighted by Gasteiger charge is -2.20. The monoisotopic (exact) mass is 392 g/mol. The molecule has 0 aromatic carbocycles. The fraction of sp³-hybridized carbons (Fsp3) is 0.500. The highest BCUT2D eigenvalue weighted by atomic mass is 32.2. The van der Waals surface area contributed by atoms with Crippen LogP contribution in [0.1, 0.15) is 22.7 Å². The number of aromatic nitrogens is 2. The van der Waals surface area contributed by atoms with Gasteiger partial charge in [-0.3, -0.25) is 14.5 Å².